The first-order chi connectivity index (χ1) is 16.2. The van der Waals surface area contributed by atoms with Gasteiger partial charge in [-0.3, -0.25) is 4.72 Å². The Morgan fingerprint density at radius 2 is 1.94 bits per heavy atom. The molecule has 4 rings (SSSR count). The second-order valence-corrected chi connectivity index (χ2v) is 11.1. The molecule has 0 radical (unpaired) electrons. The molecule has 0 amide bonds. The Labute approximate surface area is 210 Å². The van der Waals surface area contributed by atoms with Crippen molar-refractivity contribution in [1.29, 1.82) is 5.26 Å². The molecule has 0 saturated carbocycles. The molecule has 12 heteroatoms. The van der Waals surface area contributed by atoms with Crippen LogP contribution in [-0.4, -0.2) is 23.2 Å². The summed E-state index contributed by atoms with van der Waals surface area (Å²) in [5, 5.41) is 14.9. The van der Waals surface area contributed by atoms with Crippen LogP contribution >= 0.6 is 34.5 Å². The zero-order chi connectivity index (χ0) is 24.5. The minimum absolute atomic E-state index is 0.0123. The lowest BCUT2D eigenvalue weighted by Crippen LogP contribution is -2.13. The number of ether oxygens (including phenoxy) is 1. The highest BCUT2D eigenvalue weighted by molar-refractivity contribution is 7.93. The molecule has 1 N–H and O–H groups in total. The van der Waals surface area contributed by atoms with Crippen molar-refractivity contribution in [1.82, 2.24) is 14.8 Å². The fourth-order valence-electron chi connectivity index (χ4n) is 3.06. The molecule has 0 fully saturated rings. The van der Waals surface area contributed by atoms with Crippen molar-refractivity contribution in [3.63, 3.8) is 0 Å². The van der Waals surface area contributed by atoms with Crippen LogP contribution in [0.15, 0.2) is 59.8 Å². The highest BCUT2D eigenvalue weighted by atomic mass is 35.5. The highest BCUT2D eigenvalue weighted by Crippen LogP contribution is 2.34. The molecule has 0 spiro atoms. The summed E-state index contributed by atoms with van der Waals surface area (Å²) in [5.41, 5.74) is 1.37. The van der Waals surface area contributed by atoms with E-state index < -0.39 is 10.0 Å². The fraction of sp³-hybridized carbons (Fsp3) is 0.136. The summed E-state index contributed by atoms with van der Waals surface area (Å²) in [4.78, 5) is 3.78. The van der Waals surface area contributed by atoms with Crippen LogP contribution in [0.5, 0.6) is 11.5 Å². The van der Waals surface area contributed by atoms with Crippen LogP contribution < -0.4 is 9.46 Å². The van der Waals surface area contributed by atoms with E-state index in [-0.39, 0.29) is 27.3 Å². The number of aromatic nitrogens is 3. The molecular weight excluding hydrogens is 517 g/mol. The maximum atomic E-state index is 12.7. The Bertz CT molecular complexity index is 1510. The number of rotatable bonds is 7. The lowest BCUT2D eigenvalue weighted by atomic mass is 10.1. The van der Waals surface area contributed by atoms with Gasteiger partial charge in [-0.05, 0) is 30.3 Å². The van der Waals surface area contributed by atoms with Gasteiger partial charge in [-0.2, -0.15) is 10.4 Å². The van der Waals surface area contributed by atoms with Gasteiger partial charge in [0.05, 0.1) is 33.6 Å². The van der Waals surface area contributed by atoms with Crippen LogP contribution in [0.2, 0.25) is 9.36 Å². The number of sulfonamides is 1. The topological polar surface area (TPSA) is 110 Å². The van der Waals surface area contributed by atoms with Crippen molar-refractivity contribution in [2.75, 3.05) is 4.72 Å². The molecule has 34 heavy (non-hydrogen) atoms. The molecule has 2 heterocycles. The summed E-state index contributed by atoms with van der Waals surface area (Å²) in [6.07, 6.45) is 3.02. The van der Waals surface area contributed by atoms with E-state index in [0.29, 0.717) is 26.5 Å². The maximum absolute atomic E-state index is 12.7. The summed E-state index contributed by atoms with van der Waals surface area (Å²) in [7, 11) is -3.98. The van der Waals surface area contributed by atoms with Gasteiger partial charge in [-0.15, -0.1) is 0 Å². The lowest BCUT2D eigenvalue weighted by Gasteiger charge is -2.11. The third kappa shape index (κ3) is 5.03. The van der Waals surface area contributed by atoms with E-state index in [0.717, 1.165) is 11.3 Å². The first-order valence-electron chi connectivity index (χ1n) is 9.88. The van der Waals surface area contributed by atoms with Crippen molar-refractivity contribution >= 4 is 49.7 Å². The molecule has 0 bridgehead atoms. The normalized spacial score (nSPS) is 11.4. The largest absolute Gasteiger partial charge is 0.452 e. The number of benzene rings is 2. The molecule has 0 aliphatic carbocycles. The van der Waals surface area contributed by atoms with Gasteiger partial charge < -0.3 is 4.74 Å². The molecule has 0 unspecified atom stereocenters. The van der Waals surface area contributed by atoms with E-state index >= 15 is 0 Å². The van der Waals surface area contributed by atoms with E-state index in [4.69, 9.17) is 27.9 Å². The van der Waals surface area contributed by atoms with Crippen LogP contribution in [0.3, 0.4) is 0 Å². The van der Waals surface area contributed by atoms with Crippen LogP contribution in [0, 0.1) is 11.3 Å². The molecule has 2 aromatic heterocycles. The van der Waals surface area contributed by atoms with Crippen molar-refractivity contribution in [3.05, 3.63) is 75.5 Å². The lowest BCUT2D eigenvalue weighted by molar-refractivity contribution is 0.471. The van der Waals surface area contributed by atoms with E-state index in [1.165, 1.54) is 24.4 Å². The van der Waals surface area contributed by atoms with Crippen LogP contribution in [0.25, 0.3) is 5.69 Å². The third-order valence-corrected chi connectivity index (χ3v) is 7.47. The number of nitrogens with one attached hydrogen (secondary N) is 1. The number of anilines is 1. The zero-order valence-corrected chi connectivity index (χ0v) is 21.0. The Morgan fingerprint density at radius 1 is 1.18 bits per heavy atom. The van der Waals surface area contributed by atoms with Crippen molar-refractivity contribution in [3.8, 4) is 23.3 Å². The molecule has 174 valence electrons. The number of halogens is 2. The second-order valence-electron chi connectivity index (χ2n) is 7.38. The molecule has 0 saturated heterocycles. The Kier molecular flexibility index (Phi) is 6.81. The number of nitrogens with zero attached hydrogens (tertiary/aromatic N) is 4. The first kappa shape index (κ1) is 24.0. The molecule has 2 aromatic carbocycles. The van der Waals surface area contributed by atoms with Crippen molar-refractivity contribution in [2.24, 2.45) is 0 Å². The highest BCUT2D eigenvalue weighted by Gasteiger charge is 2.21. The van der Waals surface area contributed by atoms with Crippen molar-refractivity contribution in [2.45, 2.75) is 24.7 Å². The van der Waals surface area contributed by atoms with Crippen LogP contribution in [0.1, 0.15) is 31.0 Å². The van der Waals surface area contributed by atoms with E-state index in [1.54, 1.807) is 16.9 Å². The van der Waals surface area contributed by atoms with E-state index in [1.807, 2.05) is 38.1 Å². The van der Waals surface area contributed by atoms with Gasteiger partial charge in [-0.25, -0.2) is 18.1 Å². The summed E-state index contributed by atoms with van der Waals surface area (Å²) >= 11 is 13.1. The Balaban J connectivity index is 1.67. The fourth-order valence-corrected chi connectivity index (χ4v) is 5.36. The molecule has 0 aliphatic rings. The minimum atomic E-state index is -3.98. The molecule has 8 nitrogen and oxygen atoms in total. The van der Waals surface area contributed by atoms with Gasteiger partial charge in [0.1, 0.15) is 21.8 Å². The predicted octanol–water partition coefficient (Wildman–Crippen LogP) is 6.22. The average Bonchev–Trinajstić information content (AvgIpc) is 3.39. The van der Waals surface area contributed by atoms with Gasteiger partial charge in [-0.1, -0.05) is 60.5 Å². The Hall–Kier alpha value is -3.10. The second kappa shape index (κ2) is 9.64. The quantitative estimate of drug-likeness (QED) is 0.301. The van der Waals surface area contributed by atoms with E-state index in [9.17, 15) is 13.7 Å². The van der Waals surface area contributed by atoms with Gasteiger partial charge >= 0.3 is 0 Å². The number of hydrogen-bond acceptors (Lipinski definition) is 7. The summed E-state index contributed by atoms with van der Waals surface area (Å²) in [6.45, 7) is 3.92. The average molecular weight is 534 g/mol. The van der Waals surface area contributed by atoms with Crippen LogP contribution in [0.4, 0.5) is 5.13 Å². The summed E-state index contributed by atoms with van der Waals surface area (Å²) in [6, 6.07) is 13.3. The summed E-state index contributed by atoms with van der Waals surface area (Å²) in [5.74, 6) is 0.634. The Morgan fingerprint density at radius 3 is 2.59 bits per heavy atom. The van der Waals surface area contributed by atoms with Crippen LogP contribution in [-0.2, 0) is 10.0 Å². The van der Waals surface area contributed by atoms with Gasteiger partial charge in [0.15, 0.2) is 10.9 Å². The third-order valence-electron chi connectivity index (χ3n) is 4.65. The van der Waals surface area contributed by atoms with E-state index in [2.05, 4.69) is 14.8 Å². The van der Waals surface area contributed by atoms with Crippen molar-refractivity contribution < 1.29 is 13.2 Å². The monoisotopic (exact) mass is 533 g/mol. The standard InChI is InChI=1S/C22H17Cl2N5O3S2/c1-13(2)21-19(12-29(27-21)17-6-4-3-5-16(17)23)32-18-8-7-15(9-14(18)10-25)34(30,31)28-22-26-11-20(24)33-22/h3-9,11-13H,1-2H3,(H,26,28). The molecule has 0 atom stereocenters. The zero-order valence-electron chi connectivity index (χ0n) is 17.9. The summed E-state index contributed by atoms with van der Waals surface area (Å²) < 4.78 is 35.8. The molecule has 0 aliphatic heterocycles. The predicted molar refractivity (Wildman–Crippen MR) is 132 cm³/mol. The van der Waals surface area contributed by atoms with Gasteiger partial charge in [0, 0.05) is 5.92 Å². The molecule has 4 aromatic rings. The number of thiazole rings is 1. The molecular formula is C22H17Cl2N5O3S2. The number of para-hydroxylation sites is 1. The minimum Gasteiger partial charge on any atom is -0.452 e. The van der Waals surface area contributed by atoms with Gasteiger partial charge in [0.25, 0.3) is 10.0 Å². The smallest absolute Gasteiger partial charge is 0.263 e. The SMILES string of the molecule is CC(C)c1nn(-c2ccccc2Cl)cc1Oc1ccc(S(=O)(=O)Nc2ncc(Cl)s2)cc1C#N. The first-order valence-corrected chi connectivity index (χ1v) is 12.9. The number of nitriles is 1. The maximum Gasteiger partial charge on any atom is 0.263 e. The number of hydrogen-bond donors (Lipinski definition) is 1. The van der Waals surface area contributed by atoms with Gasteiger partial charge in [0.2, 0.25) is 0 Å².